The fourth-order valence-electron chi connectivity index (χ4n) is 5.62. The Hall–Kier alpha value is -3.52. The lowest BCUT2D eigenvalue weighted by Gasteiger charge is -2.33. The van der Waals surface area contributed by atoms with Crippen LogP contribution in [0.5, 0.6) is 5.75 Å². The molecule has 5 rings (SSSR count). The van der Waals surface area contributed by atoms with Gasteiger partial charge < -0.3 is 14.0 Å². The second-order valence-electron chi connectivity index (χ2n) is 10.4. The van der Waals surface area contributed by atoms with Crippen molar-refractivity contribution in [3.63, 3.8) is 0 Å². The molecule has 0 spiro atoms. The van der Waals surface area contributed by atoms with E-state index in [-0.39, 0.29) is 34.5 Å². The summed E-state index contributed by atoms with van der Waals surface area (Å²) in [6, 6.07) is 9.72. The third kappa shape index (κ3) is 5.48. The van der Waals surface area contributed by atoms with Gasteiger partial charge in [0, 0.05) is 48.6 Å². The average molecular weight is 537 g/mol. The van der Waals surface area contributed by atoms with Crippen LogP contribution in [0.3, 0.4) is 0 Å². The van der Waals surface area contributed by atoms with Crippen LogP contribution in [0, 0.1) is 18.6 Å². The molecule has 1 saturated heterocycles. The minimum atomic E-state index is -0.514. The molecule has 0 atom stereocenters. The highest BCUT2D eigenvalue weighted by Gasteiger charge is 2.32. The summed E-state index contributed by atoms with van der Waals surface area (Å²) in [6.07, 6.45) is 5.21. The Morgan fingerprint density at radius 2 is 1.74 bits per heavy atom. The van der Waals surface area contributed by atoms with Crippen LogP contribution in [0.25, 0.3) is 11.1 Å². The fraction of sp³-hybridized carbons (Fsp3) is 0.419. The molecule has 1 aliphatic carbocycles. The lowest BCUT2D eigenvalue weighted by atomic mass is 9.92. The predicted octanol–water partition coefficient (Wildman–Crippen LogP) is 6.00. The van der Waals surface area contributed by atoms with Gasteiger partial charge >= 0.3 is 5.97 Å². The lowest BCUT2D eigenvalue weighted by molar-refractivity contribution is 0.0599. The summed E-state index contributed by atoms with van der Waals surface area (Å²) in [5.74, 6) is -0.698. The van der Waals surface area contributed by atoms with E-state index in [0.717, 1.165) is 49.9 Å². The van der Waals surface area contributed by atoms with Gasteiger partial charge in [0.05, 0.1) is 19.3 Å². The first-order valence-electron chi connectivity index (χ1n) is 13.6. The standard InChI is InChI=1S/C31H34F2N2O4/c1-4-39-29-22(17-26(20-5-6-20)27(28(29)33)21-7-9-23(32)10-8-21)18-34-14-11-24(12-15-34)35-16-13-25(31(37)38-3)19(2)30(35)36/h7-10,13,16-17,20,24H,4-6,11-12,14-15,18H2,1-3H3. The van der Waals surface area contributed by atoms with Crippen molar-refractivity contribution in [2.75, 3.05) is 26.8 Å². The van der Waals surface area contributed by atoms with E-state index >= 15 is 4.39 Å². The number of halogens is 2. The van der Waals surface area contributed by atoms with Gasteiger partial charge in [-0.25, -0.2) is 13.6 Å². The van der Waals surface area contributed by atoms with Crippen molar-refractivity contribution in [1.29, 1.82) is 0 Å². The molecule has 0 amide bonds. The van der Waals surface area contributed by atoms with Crippen LogP contribution in [0.1, 0.15) is 71.6 Å². The number of methoxy groups -OCH3 is 1. The monoisotopic (exact) mass is 536 g/mol. The fourth-order valence-corrected chi connectivity index (χ4v) is 5.62. The molecule has 206 valence electrons. The third-order valence-corrected chi connectivity index (χ3v) is 7.88. The molecule has 0 bridgehead atoms. The van der Waals surface area contributed by atoms with E-state index in [0.29, 0.717) is 35.8 Å². The first-order valence-corrected chi connectivity index (χ1v) is 13.6. The normalized spacial score (nSPS) is 16.3. The van der Waals surface area contributed by atoms with Crippen molar-refractivity contribution < 1.29 is 23.0 Å². The number of hydrogen-bond acceptors (Lipinski definition) is 5. The Morgan fingerprint density at radius 3 is 2.36 bits per heavy atom. The number of benzene rings is 2. The minimum absolute atomic E-state index is 0.0186. The second kappa shape index (κ2) is 11.3. The topological polar surface area (TPSA) is 60.8 Å². The Bertz CT molecular complexity index is 1420. The number of piperidine rings is 1. The molecule has 1 aromatic heterocycles. The summed E-state index contributed by atoms with van der Waals surface area (Å²) in [5.41, 5.74) is 3.44. The molecule has 1 aliphatic heterocycles. The zero-order valence-electron chi connectivity index (χ0n) is 22.6. The van der Waals surface area contributed by atoms with Gasteiger partial charge in [0.1, 0.15) is 5.82 Å². The highest BCUT2D eigenvalue weighted by molar-refractivity contribution is 5.90. The number of pyridine rings is 1. The number of esters is 1. The Morgan fingerprint density at radius 1 is 1.05 bits per heavy atom. The number of hydrogen-bond donors (Lipinski definition) is 0. The molecule has 2 heterocycles. The number of nitrogens with zero attached hydrogens (tertiary/aromatic N) is 2. The molecule has 2 fully saturated rings. The summed E-state index contributed by atoms with van der Waals surface area (Å²) in [6.45, 7) is 5.84. The average Bonchev–Trinajstić information content (AvgIpc) is 3.78. The van der Waals surface area contributed by atoms with Crippen LogP contribution in [-0.2, 0) is 11.3 Å². The number of carbonyl (C=O) groups excluding carboxylic acids is 1. The maximum Gasteiger partial charge on any atom is 0.338 e. The molecule has 2 aromatic carbocycles. The quantitative estimate of drug-likeness (QED) is 0.331. The van der Waals surface area contributed by atoms with Crippen molar-refractivity contribution in [2.24, 2.45) is 0 Å². The molecule has 6 nitrogen and oxygen atoms in total. The summed E-state index contributed by atoms with van der Waals surface area (Å²) < 4.78 is 42.0. The first kappa shape index (κ1) is 27.1. The maximum atomic E-state index is 16.1. The van der Waals surface area contributed by atoms with Crippen molar-refractivity contribution in [3.8, 4) is 16.9 Å². The van der Waals surface area contributed by atoms with Crippen molar-refractivity contribution in [3.05, 3.63) is 86.8 Å². The van der Waals surface area contributed by atoms with Gasteiger partial charge in [-0.05, 0) is 80.8 Å². The number of ether oxygens (including phenoxy) is 2. The van der Waals surface area contributed by atoms with E-state index in [2.05, 4.69) is 11.0 Å². The third-order valence-electron chi connectivity index (χ3n) is 7.88. The van der Waals surface area contributed by atoms with Gasteiger partial charge in [0.25, 0.3) is 5.56 Å². The van der Waals surface area contributed by atoms with Gasteiger partial charge in [-0.2, -0.15) is 0 Å². The van der Waals surface area contributed by atoms with E-state index in [1.165, 1.54) is 19.2 Å². The molecule has 2 aliphatic rings. The van der Waals surface area contributed by atoms with Crippen LogP contribution in [0.15, 0.2) is 47.4 Å². The summed E-state index contributed by atoms with van der Waals surface area (Å²) in [7, 11) is 1.30. The predicted molar refractivity (Wildman–Crippen MR) is 145 cm³/mol. The Balaban J connectivity index is 1.38. The smallest absolute Gasteiger partial charge is 0.338 e. The molecule has 8 heteroatoms. The number of rotatable bonds is 8. The highest BCUT2D eigenvalue weighted by atomic mass is 19.1. The van der Waals surface area contributed by atoms with Gasteiger partial charge in [0.2, 0.25) is 0 Å². The van der Waals surface area contributed by atoms with Crippen molar-refractivity contribution >= 4 is 5.97 Å². The summed E-state index contributed by atoms with van der Waals surface area (Å²) in [5, 5.41) is 0. The van der Waals surface area contributed by atoms with Crippen molar-refractivity contribution in [2.45, 2.75) is 58.0 Å². The molecule has 1 saturated carbocycles. The molecule has 0 unspecified atom stereocenters. The zero-order chi connectivity index (χ0) is 27.7. The Kier molecular flexibility index (Phi) is 7.84. The molecular formula is C31H34F2N2O4. The largest absolute Gasteiger partial charge is 0.490 e. The number of likely N-dealkylation sites (tertiary alicyclic amines) is 1. The van der Waals surface area contributed by atoms with E-state index in [9.17, 15) is 14.0 Å². The summed E-state index contributed by atoms with van der Waals surface area (Å²) in [4.78, 5) is 27.2. The molecule has 0 radical (unpaired) electrons. The van der Waals surface area contributed by atoms with Crippen LogP contribution < -0.4 is 10.3 Å². The van der Waals surface area contributed by atoms with Crippen LogP contribution in [0.2, 0.25) is 0 Å². The highest BCUT2D eigenvalue weighted by Crippen LogP contribution is 2.48. The summed E-state index contributed by atoms with van der Waals surface area (Å²) >= 11 is 0. The van der Waals surface area contributed by atoms with Gasteiger partial charge in [0.15, 0.2) is 11.6 Å². The zero-order valence-corrected chi connectivity index (χ0v) is 22.6. The molecule has 3 aromatic rings. The number of aromatic nitrogens is 1. The van der Waals surface area contributed by atoms with Crippen molar-refractivity contribution in [1.82, 2.24) is 9.47 Å². The van der Waals surface area contributed by atoms with E-state index in [1.54, 1.807) is 35.9 Å². The first-order chi connectivity index (χ1) is 18.8. The second-order valence-corrected chi connectivity index (χ2v) is 10.4. The van der Waals surface area contributed by atoms with Gasteiger partial charge in [-0.3, -0.25) is 9.69 Å². The SMILES string of the molecule is CCOc1c(CN2CCC(n3ccc(C(=O)OC)c(C)c3=O)CC2)cc(C2CC2)c(-c2ccc(F)cc2)c1F. The van der Waals surface area contributed by atoms with Crippen LogP contribution in [-0.4, -0.2) is 42.2 Å². The Labute approximate surface area is 227 Å². The van der Waals surface area contributed by atoms with E-state index in [1.807, 2.05) is 6.92 Å². The maximum absolute atomic E-state index is 16.1. The van der Waals surface area contributed by atoms with E-state index < -0.39 is 5.97 Å². The lowest BCUT2D eigenvalue weighted by Crippen LogP contribution is -2.38. The van der Waals surface area contributed by atoms with Gasteiger partial charge in [-0.15, -0.1) is 0 Å². The van der Waals surface area contributed by atoms with E-state index in [4.69, 9.17) is 9.47 Å². The minimum Gasteiger partial charge on any atom is -0.490 e. The van der Waals surface area contributed by atoms with Crippen LogP contribution in [0.4, 0.5) is 8.78 Å². The molecular weight excluding hydrogens is 502 g/mol. The molecule has 39 heavy (non-hydrogen) atoms. The number of carbonyl (C=O) groups is 1. The molecule has 0 N–H and O–H groups in total. The van der Waals surface area contributed by atoms with Crippen LogP contribution >= 0.6 is 0 Å². The van der Waals surface area contributed by atoms with Gasteiger partial charge in [-0.1, -0.05) is 12.1 Å².